The van der Waals surface area contributed by atoms with Crippen molar-refractivity contribution >= 4 is 34.8 Å². The fourth-order valence-electron chi connectivity index (χ4n) is 4.14. The first-order chi connectivity index (χ1) is 18.8. The van der Waals surface area contributed by atoms with Gasteiger partial charge < -0.3 is 28.8 Å². The molecule has 0 spiro atoms. The van der Waals surface area contributed by atoms with Crippen molar-refractivity contribution in [1.29, 1.82) is 0 Å². The highest BCUT2D eigenvalue weighted by Gasteiger charge is 2.27. The Kier molecular flexibility index (Phi) is 7.53. The number of aryl methyl sites for hydroxylation is 2. The van der Waals surface area contributed by atoms with Crippen molar-refractivity contribution in [3.05, 3.63) is 82.5 Å². The molecule has 10 heteroatoms. The molecule has 4 aromatic rings. The van der Waals surface area contributed by atoms with Gasteiger partial charge in [0.15, 0.2) is 11.9 Å². The highest BCUT2D eigenvalue weighted by atomic mass is 35.5. The number of pyridine rings is 1. The predicted octanol–water partition coefficient (Wildman–Crippen LogP) is 6.51. The molecule has 1 saturated heterocycles. The maximum Gasteiger partial charge on any atom is 0.514 e. The first-order valence-corrected chi connectivity index (χ1v) is 12.4. The third-order valence-electron chi connectivity index (χ3n) is 6.08. The molecule has 5 rings (SSSR count). The number of carbonyl (C=O) groups is 2. The largest absolute Gasteiger partial charge is 0.514 e. The molecule has 0 radical (unpaired) electrons. The number of aliphatic hydroxyl groups excluding tert-OH is 1. The first-order valence-electron chi connectivity index (χ1n) is 12.1. The molecule has 9 nitrogen and oxygen atoms in total. The molecule has 1 atom stereocenters. The minimum atomic E-state index is -1.01. The Hall–Kier alpha value is -4.34. The molecule has 1 aliphatic rings. The second kappa shape index (κ2) is 11.2. The summed E-state index contributed by atoms with van der Waals surface area (Å²) in [6.45, 7) is 3.25. The topological polar surface area (TPSA) is 113 Å². The molecule has 2 heterocycles. The summed E-state index contributed by atoms with van der Waals surface area (Å²) in [4.78, 5) is 28.6. The maximum absolute atomic E-state index is 12.7. The van der Waals surface area contributed by atoms with Crippen molar-refractivity contribution < 1.29 is 38.4 Å². The van der Waals surface area contributed by atoms with Crippen LogP contribution in [0.5, 0.6) is 17.2 Å². The lowest BCUT2D eigenvalue weighted by atomic mass is 9.99. The van der Waals surface area contributed by atoms with E-state index in [2.05, 4.69) is 4.98 Å². The van der Waals surface area contributed by atoms with Gasteiger partial charge in [0.05, 0.1) is 12.1 Å². The second-order valence-corrected chi connectivity index (χ2v) is 9.33. The van der Waals surface area contributed by atoms with Crippen LogP contribution in [0.1, 0.15) is 16.8 Å². The van der Waals surface area contributed by atoms with Crippen molar-refractivity contribution in [1.82, 2.24) is 4.98 Å². The van der Waals surface area contributed by atoms with Crippen LogP contribution in [-0.4, -0.2) is 41.7 Å². The molecule has 1 unspecified atom stereocenters. The lowest BCUT2D eigenvalue weighted by molar-refractivity contribution is 0.0510. The summed E-state index contributed by atoms with van der Waals surface area (Å²) >= 11 is 6.38. The van der Waals surface area contributed by atoms with Gasteiger partial charge in [-0.05, 0) is 61.4 Å². The summed E-state index contributed by atoms with van der Waals surface area (Å²) in [6.07, 6.45) is -2.55. The zero-order chi connectivity index (χ0) is 27.5. The van der Waals surface area contributed by atoms with Crippen molar-refractivity contribution in [2.75, 3.05) is 13.2 Å². The summed E-state index contributed by atoms with van der Waals surface area (Å²) in [5.74, 6) is 1.51. The fourth-order valence-corrected chi connectivity index (χ4v) is 4.36. The quantitative estimate of drug-likeness (QED) is 0.258. The number of rotatable bonds is 7. The third-order valence-corrected chi connectivity index (χ3v) is 6.43. The molecule has 200 valence electrons. The van der Waals surface area contributed by atoms with E-state index in [-0.39, 0.29) is 30.6 Å². The number of hydrogen-bond acceptors (Lipinski definition) is 9. The summed E-state index contributed by atoms with van der Waals surface area (Å²) in [5.41, 5.74) is 3.92. The van der Waals surface area contributed by atoms with Gasteiger partial charge >= 0.3 is 12.3 Å². The molecule has 0 aliphatic carbocycles. The SMILES string of the molecule is Cc1ccc(Oc2ccc(-c3c(C)nc4cc(CO)c(Cl)cc4c3OC(=O)OCC3COC(=O)O3)cc2)cc1. The van der Waals surface area contributed by atoms with E-state index < -0.39 is 18.4 Å². The minimum absolute atomic E-state index is 0.0226. The number of nitrogens with zero attached hydrogens (tertiary/aromatic N) is 1. The molecular formula is C29H24ClNO8. The number of fused-ring (bicyclic) bond motifs is 1. The number of halogens is 1. The monoisotopic (exact) mass is 549 g/mol. The fraction of sp³-hybridized carbons (Fsp3) is 0.207. The summed E-state index contributed by atoms with van der Waals surface area (Å²) in [7, 11) is 0. The van der Waals surface area contributed by atoms with E-state index in [0.29, 0.717) is 44.8 Å². The van der Waals surface area contributed by atoms with Crippen LogP contribution < -0.4 is 9.47 Å². The van der Waals surface area contributed by atoms with E-state index in [1.165, 1.54) is 0 Å². The van der Waals surface area contributed by atoms with Crippen LogP contribution in [0.4, 0.5) is 9.59 Å². The summed E-state index contributed by atoms with van der Waals surface area (Å²) < 4.78 is 26.4. The summed E-state index contributed by atoms with van der Waals surface area (Å²) in [5, 5.41) is 10.4. The molecule has 3 aromatic carbocycles. The summed E-state index contributed by atoms with van der Waals surface area (Å²) in [6, 6.07) is 18.2. The predicted molar refractivity (Wildman–Crippen MR) is 142 cm³/mol. The number of aromatic nitrogens is 1. The number of cyclic esters (lactones) is 2. The van der Waals surface area contributed by atoms with Crippen LogP contribution in [-0.2, 0) is 20.8 Å². The number of ether oxygens (including phenoxy) is 5. The van der Waals surface area contributed by atoms with Gasteiger partial charge in [0.25, 0.3) is 0 Å². The Morgan fingerprint density at radius 2 is 1.77 bits per heavy atom. The molecule has 1 aromatic heterocycles. The van der Waals surface area contributed by atoms with Crippen LogP contribution in [0, 0.1) is 13.8 Å². The average molecular weight is 550 g/mol. The van der Waals surface area contributed by atoms with Gasteiger partial charge in [0.2, 0.25) is 0 Å². The van der Waals surface area contributed by atoms with Crippen LogP contribution in [0.3, 0.4) is 0 Å². The second-order valence-electron chi connectivity index (χ2n) is 8.92. The van der Waals surface area contributed by atoms with Gasteiger partial charge in [-0.1, -0.05) is 41.4 Å². The van der Waals surface area contributed by atoms with Gasteiger partial charge in [-0.15, -0.1) is 0 Å². The molecule has 0 bridgehead atoms. The number of carbonyl (C=O) groups excluding carboxylic acids is 2. The van der Waals surface area contributed by atoms with Gasteiger partial charge in [0.1, 0.15) is 24.7 Å². The normalized spacial score (nSPS) is 14.6. The van der Waals surface area contributed by atoms with E-state index >= 15 is 0 Å². The molecule has 1 aliphatic heterocycles. The van der Waals surface area contributed by atoms with E-state index in [9.17, 15) is 14.7 Å². The van der Waals surface area contributed by atoms with E-state index in [0.717, 1.165) is 5.56 Å². The van der Waals surface area contributed by atoms with E-state index in [4.69, 9.17) is 35.3 Å². The molecular weight excluding hydrogens is 526 g/mol. The van der Waals surface area contributed by atoms with Gasteiger partial charge in [-0.3, -0.25) is 4.98 Å². The van der Waals surface area contributed by atoms with Crippen LogP contribution >= 0.6 is 11.6 Å². The Morgan fingerprint density at radius 3 is 2.41 bits per heavy atom. The van der Waals surface area contributed by atoms with E-state index in [1.807, 2.05) is 43.3 Å². The van der Waals surface area contributed by atoms with Crippen molar-refractivity contribution in [2.24, 2.45) is 0 Å². The minimum Gasteiger partial charge on any atom is -0.457 e. The Bertz CT molecular complexity index is 1540. The van der Waals surface area contributed by atoms with Crippen LogP contribution in [0.15, 0.2) is 60.7 Å². The lowest BCUT2D eigenvalue weighted by Crippen LogP contribution is -2.22. The molecule has 1 fully saturated rings. The van der Waals surface area contributed by atoms with Crippen LogP contribution in [0.25, 0.3) is 22.0 Å². The number of hydrogen-bond donors (Lipinski definition) is 1. The van der Waals surface area contributed by atoms with Crippen LogP contribution in [0.2, 0.25) is 5.02 Å². The number of benzene rings is 3. The van der Waals surface area contributed by atoms with Gasteiger partial charge in [-0.25, -0.2) is 9.59 Å². The standard InChI is InChI=1S/C29H24ClNO8/c1-16-3-7-20(8-4-16)37-21-9-5-18(6-10-21)26-17(2)31-25-11-19(13-32)24(30)12-23(25)27(26)39-29(34)36-15-22-14-35-28(33)38-22/h3-12,22,32H,13-15H2,1-2H3. The third kappa shape index (κ3) is 5.89. The van der Waals surface area contributed by atoms with Gasteiger partial charge in [0, 0.05) is 21.7 Å². The zero-order valence-electron chi connectivity index (χ0n) is 21.1. The molecule has 1 N–H and O–H groups in total. The van der Waals surface area contributed by atoms with Crippen molar-refractivity contribution in [2.45, 2.75) is 26.6 Å². The van der Waals surface area contributed by atoms with Gasteiger partial charge in [-0.2, -0.15) is 0 Å². The highest BCUT2D eigenvalue weighted by molar-refractivity contribution is 6.32. The smallest absolute Gasteiger partial charge is 0.457 e. The first kappa shape index (κ1) is 26.3. The maximum atomic E-state index is 12.7. The highest BCUT2D eigenvalue weighted by Crippen LogP contribution is 2.41. The van der Waals surface area contributed by atoms with E-state index in [1.54, 1.807) is 31.2 Å². The zero-order valence-corrected chi connectivity index (χ0v) is 21.9. The molecule has 0 saturated carbocycles. The van der Waals surface area contributed by atoms with Crippen molar-refractivity contribution in [3.63, 3.8) is 0 Å². The number of aliphatic hydroxyl groups is 1. The average Bonchev–Trinajstić information content (AvgIpc) is 3.34. The molecule has 0 amide bonds. The molecule has 39 heavy (non-hydrogen) atoms. The lowest BCUT2D eigenvalue weighted by Gasteiger charge is -2.17. The Morgan fingerprint density at radius 1 is 1.08 bits per heavy atom. The Balaban J connectivity index is 1.49. The Labute approximate surface area is 228 Å². The van der Waals surface area contributed by atoms with Crippen molar-refractivity contribution in [3.8, 4) is 28.4 Å².